The van der Waals surface area contributed by atoms with Crippen LogP contribution < -0.4 is 5.32 Å². The number of aromatic nitrogens is 2. The molecule has 1 N–H and O–H groups in total. The molecule has 126 valence electrons. The zero-order valence-electron chi connectivity index (χ0n) is 14.1. The van der Waals surface area contributed by atoms with Crippen LogP contribution >= 0.6 is 22.9 Å². The molecule has 5 nitrogen and oxygen atoms in total. The molecule has 2 atom stereocenters. The molecule has 0 aliphatic heterocycles. The molecule has 2 unspecified atom stereocenters. The molecular weight excluding hydrogens is 344 g/mol. The van der Waals surface area contributed by atoms with Gasteiger partial charge in [0, 0.05) is 11.9 Å². The number of nitriles is 1. The number of amides is 1. The van der Waals surface area contributed by atoms with Gasteiger partial charge in [-0.1, -0.05) is 25.4 Å². The third kappa shape index (κ3) is 2.62. The molecule has 2 aromatic rings. The van der Waals surface area contributed by atoms with Crippen molar-refractivity contribution < 1.29 is 4.79 Å². The van der Waals surface area contributed by atoms with E-state index < -0.39 is 0 Å². The second-order valence-corrected chi connectivity index (χ2v) is 7.87. The summed E-state index contributed by atoms with van der Waals surface area (Å²) in [7, 11) is 1.74. The quantitative estimate of drug-likeness (QED) is 0.867. The molecule has 0 saturated heterocycles. The Kier molecular flexibility index (Phi) is 4.41. The van der Waals surface area contributed by atoms with E-state index in [0.29, 0.717) is 27.4 Å². The first-order valence-corrected chi connectivity index (χ1v) is 9.10. The number of hydrogen-bond donors (Lipinski definition) is 1. The van der Waals surface area contributed by atoms with E-state index in [1.165, 1.54) is 16.2 Å². The van der Waals surface area contributed by atoms with Crippen LogP contribution in [0.5, 0.6) is 0 Å². The Labute approximate surface area is 150 Å². The maximum absolute atomic E-state index is 12.6. The van der Waals surface area contributed by atoms with Crippen LogP contribution in [0.15, 0.2) is 0 Å². The van der Waals surface area contributed by atoms with E-state index in [1.807, 2.05) is 0 Å². The second-order valence-electron chi connectivity index (χ2n) is 6.39. The Hall–Kier alpha value is -1.84. The zero-order chi connectivity index (χ0) is 17.6. The molecule has 1 aliphatic carbocycles. The van der Waals surface area contributed by atoms with Gasteiger partial charge in [0.05, 0.1) is 16.3 Å². The molecule has 0 fully saturated rings. The highest BCUT2D eigenvalue weighted by Gasteiger charge is 2.31. The number of anilines is 1. The highest BCUT2D eigenvalue weighted by atomic mass is 35.5. The fourth-order valence-electron chi connectivity index (χ4n) is 3.14. The van der Waals surface area contributed by atoms with Gasteiger partial charge in [-0.05, 0) is 37.2 Å². The van der Waals surface area contributed by atoms with Gasteiger partial charge in [-0.2, -0.15) is 10.4 Å². The lowest BCUT2D eigenvalue weighted by molar-refractivity contribution is 0.102. The van der Waals surface area contributed by atoms with Crippen LogP contribution in [0.1, 0.15) is 58.4 Å². The minimum absolute atomic E-state index is 0.188. The number of aryl methyl sites for hydroxylation is 2. The van der Waals surface area contributed by atoms with Crippen molar-refractivity contribution in [2.45, 2.75) is 39.5 Å². The first-order valence-electron chi connectivity index (χ1n) is 7.91. The van der Waals surface area contributed by atoms with Crippen LogP contribution in [-0.4, -0.2) is 15.7 Å². The Morgan fingerprint density at radius 2 is 2.21 bits per heavy atom. The van der Waals surface area contributed by atoms with Crippen LogP contribution in [0.2, 0.25) is 5.02 Å². The number of hydrogen-bond acceptors (Lipinski definition) is 4. The largest absolute Gasteiger partial charge is 0.311 e. The third-order valence-electron chi connectivity index (χ3n) is 4.97. The molecule has 0 spiro atoms. The van der Waals surface area contributed by atoms with E-state index >= 15 is 0 Å². The Bertz CT molecular complexity index is 861. The number of fused-ring (bicyclic) bond motifs is 1. The van der Waals surface area contributed by atoms with Gasteiger partial charge in [0.15, 0.2) is 5.69 Å². The van der Waals surface area contributed by atoms with Crippen molar-refractivity contribution in [3.8, 4) is 6.07 Å². The maximum atomic E-state index is 12.6. The van der Waals surface area contributed by atoms with Crippen molar-refractivity contribution in [3.63, 3.8) is 0 Å². The summed E-state index contributed by atoms with van der Waals surface area (Å²) in [5.41, 5.74) is 2.61. The van der Waals surface area contributed by atoms with Crippen LogP contribution in [0.4, 0.5) is 5.00 Å². The van der Waals surface area contributed by atoms with E-state index in [4.69, 9.17) is 11.6 Å². The number of thiophene rings is 1. The number of nitrogens with one attached hydrogen (secondary N) is 1. The summed E-state index contributed by atoms with van der Waals surface area (Å²) in [5, 5.41) is 17.6. The molecule has 7 heteroatoms. The Morgan fingerprint density at radius 1 is 1.50 bits per heavy atom. The molecule has 1 amide bonds. The number of carbonyl (C=O) groups excluding carboxylic acids is 1. The maximum Gasteiger partial charge on any atom is 0.278 e. The molecule has 0 saturated carbocycles. The Balaban J connectivity index is 1.97. The van der Waals surface area contributed by atoms with Gasteiger partial charge in [-0.25, -0.2) is 0 Å². The number of nitrogens with zero attached hydrogens (tertiary/aromatic N) is 3. The van der Waals surface area contributed by atoms with Crippen molar-refractivity contribution in [3.05, 3.63) is 32.4 Å². The van der Waals surface area contributed by atoms with Crippen LogP contribution in [0.3, 0.4) is 0 Å². The molecular formula is C17H19ClN4OS. The van der Waals surface area contributed by atoms with Crippen LogP contribution in [0, 0.1) is 24.2 Å². The van der Waals surface area contributed by atoms with E-state index in [2.05, 4.69) is 30.3 Å². The first-order chi connectivity index (χ1) is 11.3. The highest BCUT2D eigenvalue weighted by Crippen LogP contribution is 2.45. The van der Waals surface area contributed by atoms with Gasteiger partial charge < -0.3 is 5.32 Å². The third-order valence-corrected chi connectivity index (χ3v) is 6.61. The monoisotopic (exact) mass is 362 g/mol. The fourth-order valence-corrected chi connectivity index (χ4v) is 4.65. The van der Waals surface area contributed by atoms with Crippen LogP contribution in [0.25, 0.3) is 0 Å². The highest BCUT2D eigenvalue weighted by molar-refractivity contribution is 7.16. The minimum Gasteiger partial charge on any atom is -0.311 e. The normalized spacial score (nSPS) is 19.7. The van der Waals surface area contributed by atoms with Gasteiger partial charge in [0.1, 0.15) is 11.1 Å². The zero-order valence-corrected chi connectivity index (χ0v) is 15.7. The van der Waals surface area contributed by atoms with E-state index in [9.17, 15) is 10.1 Å². The summed E-state index contributed by atoms with van der Waals surface area (Å²) >= 11 is 7.69. The number of carbonyl (C=O) groups is 1. The second kappa shape index (κ2) is 6.23. The van der Waals surface area contributed by atoms with Gasteiger partial charge in [-0.15, -0.1) is 11.3 Å². The summed E-state index contributed by atoms with van der Waals surface area (Å²) in [5.74, 6) is 0.487. The van der Waals surface area contributed by atoms with Crippen molar-refractivity contribution in [2.75, 3.05) is 5.32 Å². The predicted octanol–water partition coefficient (Wildman–Crippen LogP) is 4.25. The lowest BCUT2D eigenvalue weighted by atomic mass is 9.79. The lowest BCUT2D eigenvalue weighted by Gasteiger charge is -2.26. The first kappa shape index (κ1) is 17.0. The van der Waals surface area contributed by atoms with Crippen LogP contribution in [-0.2, 0) is 13.5 Å². The predicted molar refractivity (Wildman–Crippen MR) is 95.8 cm³/mol. The summed E-state index contributed by atoms with van der Waals surface area (Å²) in [4.78, 5) is 13.8. The van der Waals surface area contributed by atoms with E-state index in [-0.39, 0.29) is 11.6 Å². The molecule has 3 rings (SSSR count). The molecule has 0 aromatic carbocycles. The molecule has 1 aliphatic rings. The summed E-state index contributed by atoms with van der Waals surface area (Å²) in [6.07, 6.45) is 2.07. The lowest BCUT2D eigenvalue weighted by Crippen LogP contribution is -2.16. The van der Waals surface area contributed by atoms with Gasteiger partial charge in [-0.3, -0.25) is 9.48 Å². The molecule has 0 bridgehead atoms. The average Bonchev–Trinajstić information content (AvgIpc) is 3.03. The summed E-state index contributed by atoms with van der Waals surface area (Å²) in [6.45, 7) is 6.17. The number of rotatable bonds is 2. The SMILES string of the molecule is Cc1c(Cl)c(C(=O)Nc2sc3c(c2C#N)C(C)C(C)CC3)nn1C. The molecule has 0 radical (unpaired) electrons. The smallest absolute Gasteiger partial charge is 0.278 e. The Morgan fingerprint density at radius 3 is 2.79 bits per heavy atom. The van der Waals surface area contributed by atoms with Crippen molar-refractivity contribution in [2.24, 2.45) is 13.0 Å². The van der Waals surface area contributed by atoms with Gasteiger partial charge in [0.2, 0.25) is 0 Å². The molecule has 24 heavy (non-hydrogen) atoms. The van der Waals surface area contributed by atoms with E-state index in [0.717, 1.165) is 24.1 Å². The van der Waals surface area contributed by atoms with Gasteiger partial charge in [0.25, 0.3) is 5.91 Å². The average molecular weight is 363 g/mol. The summed E-state index contributed by atoms with van der Waals surface area (Å²) in [6, 6.07) is 2.28. The molecule has 2 heterocycles. The topological polar surface area (TPSA) is 70.7 Å². The van der Waals surface area contributed by atoms with Gasteiger partial charge >= 0.3 is 0 Å². The standard InChI is InChI=1S/C17H19ClN4OS/c1-8-5-6-12-13(9(8)2)11(7-19)17(24-12)20-16(23)15-14(18)10(3)22(4)21-15/h8-9H,5-6H2,1-4H3,(H,20,23). The van der Waals surface area contributed by atoms with E-state index in [1.54, 1.807) is 18.7 Å². The fraction of sp³-hybridized carbons (Fsp3) is 0.471. The summed E-state index contributed by atoms with van der Waals surface area (Å²) < 4.78 is 1.58. The van der Waals surface area contributed by atoms with Crippen molar-refractivity contribution in [1.29, 1.82) is 5.26 Å². The molecule has 2 aromatic heterocycles. The number of halogens is 1. The van der Waals surface area contributed by atoms with Crippen molar-refractivity contribution in [1.82, 2.24) is 9.78 Å². The minimum atomic E-state index is -0.375. The van der Waals surface area contributed by atoms with Crippen molar-refractivity contribution >= 4 is 33.8 Å².